The number of hydrogen-bond acceptors (Lipinski definition) is 4. The lowest BCUT2D eigenvalue weighted by molar-refractivity contribution is 0.0209. The van der Waals surface area contributed by atoms with Gasteiger partial charge in [-0.1, -0.05) is 18.6 Å². The van der Waals surface area contributed by atoms with Gasteiger partial charge in [-0.3, -0.25) is 0 Å². The second kappa shape index (κ2) is 6.19. The predicted molar refractivity (Wildman–Crippen MR) is 65.1 cm³/mol. The maximum atomic E-state index is 12.0. The number of hydrogen-bond donors (Lipinski definition) is 0. The smallest absolute Gasteiger partial charge is 0.423 e. The summed E-state index contributed by atoms with van der Waals surface area (Å²) in [6.45, 7) is 1.33. The molecule has 0 atom stereocenters. The molecule has 4 heteroatoms. The van der Waals surface area contributed by atoms with Gasteiger partial charge in [0.2, 0.25) is 0 Å². The summed E-state index contributed by atoms with van der Waals surface area (Å²) in [5, 5.41) is 0. The number of carbonyl (C=O) groups is 1. The van der Waals surface area contributed by atoms with E-state index in [2.05, 4.69) is 4.74 Å². The maximum Gasteiger partial charge on any atom is 0.423 e. The Kier molecular flexibility index (Phi) is 4.34. The van der Waals surface area contributed by atoms with Gasteiger partial charge >= 0.3 is 12.4 Å². The molecule has 0 aromatic heterocycles. The SMILES string of the molecule is O=[C]Oc1ccccc1C(=O)OC1CCCCC1. The summed E-state index contributed by atoms with van der Waals surface area (Å²) in [5.41, 5.74) is 0.270. The number of carbonyl (C=O) groups excluding carboxylic acids is 2. The number of esters is 1. The molecule has 0 spiro atoms. The fourth-order valence-corrected chi connectivity index (χ4v) is 2.17. The van der Waals surface area contributed by atoms with E-state index in [9.17, 15) is 9.59 Å². The molecular weight excluding hydrogens is 232 g/mol. The minimum atomic E-state index is -0.437. The minimum absolute atomic E-state index is 0.0143. The summed E-state index contributed by atoms with van der Waals surface area (Å²) in [7, 11) is 0. The average molecular weight is 247 g/mol. The third kappa shape index (κ3) is 3.09. The topological polar surface area (TPSA) is 52.6 Å². The number of benzene rings is 1. The highest BCUT2D eigenvalue weighted by molar-refractivity contribution is 5.93. The summed E-state index contributed by atoms with van der Waals surface area (Å²) in [6, 6.07) is 6.51. The Morgan fingerprint density at radius 1 is 1.17 bits per heavy atom. The monoisotopic (exact) mass is 247 g/mol. The van der Waals surface area contributed by atoms with E-state index in [0.717, 1.165) is 25.7 Å². The lowest BCUT2D eigenvalue weighted by Crippen LogP contribution is -2.21. The van der Waals surface area contributed by atoms with Crippen LogP contribution in [0.2, 0.25) is 0 Å². The molecule has 0 amide bonds. The van der Waals surface area contributed by atoms with Crippen LogP contribution in [0.1, 0.15) is 42.5 Å². The number of para-hydroxylation sites is 1. The molecule has 0 heterocycles. The third-order valence-electron chi connectivity index (χ3n) is 3.08. The van der Waals surface area contributed by atoms with E-state index >= 15 is 0 Å². The molecule has 1 aliphatic carbocycles. The summed E-state index contributed by atoms with van der Waals surface area (Å²) in [5.74, 6) is -0.249. The fourth-order valence-electron chi connectivity index (χ4n) is 2.17. The molecule has 1 fully saturated rings. The van der Waals surface area contributed by atoms with Crippen molar-refractivity contribution in [1.29, 1.82) is 0 Å². The zero-order valence-electron chi connectivity index (χ0n) is 10.1. The van der Waals surface area contributed by atoms with Crippen molar-refractivity contribution in [3.63, 3.8) is 0 Å². The van der Waals surface area contributed by atoms with Crippen molar-refractivity contribution in [2.45, 2.75) is 38.2 Å². The molecule has 95 valence electrons. The summed E-state index contributed by atoms with van der Waals surface area (Å²) < 4.78 is 10.1. The Morgan fingerprint density at radius 3 is 2.61 bits per heavy atom. The second-order valence-electron chi connectivity index (χ2n) is 4.35. The number of rotatable bonds is 4. The van der Waals surface area contributed by atoms with E-state index in [4.69, 9.17) is 4.74 Å². The molecule has 1 saturated carbocycles. The molecule has 1 aromatic carbocycles. The Labute approximate surface area is 106 Å². The average Bonchev–Trinajstić information content (AvgIpc) is 2.41. The van der Waals surface area contributed by atoms with Crippen LogP contribution in [0.4, 0.5) is 0 Å². The molecule has 1 aliphatic rings. The Morgan fingerprint density at radius 2 is 1.89 bits per heavy atom. The van der Waals surface area contributed by atoms with Gasteiger partial charge in [-0.05, 0) is 37.8 Å². The molecule has 0 bridgehead atoms. The van der Waals surface area contributed by atoms with Gasteiger partial charge in [-0.15, -0.1) is 0 Å². The van der Waals surface area contributed by atoms with Crippen LogP contribution in [-0.4, -0.2) is 18.5 Å². The van der Waals surface area contributed by atoms with Gasteiger partial charge in [0.15, 0.2) is 0 Å². The first-order valence-corrected chi connectivity index (χ1v) is 6.15. The molecule has 18 heavy (non-hydrogen) atoms. The maximum absolute atomic E-state index is 12.0. The summed E-state index contributed by atoms with van der Waals surface area (Å²) >= 11 is 0. The van der Waals surface area contributed by atoms with Crippen LogP contribution in [0.3, 0.4) is 0 Å². The molecule has 2 rings (SSSR count). The highest BCUT2D eigenvalue weighted by Crippen LogP contribution is 2.24. The Bertz CT molecular complexity index is 422. The van der Waals surface area contributed by atoms with Crippen LogP contribution in [-0.2, 0) is 9.53 Å². The van der Waals surface area contributed by atoms with E-state index in [-0.39, 0.29) is 17.4 Å². The Balaban J connectivity index is 2.05. The van der Waals surface area contributed by atoms with Crippen LogP contribution in [0, 0.1) is 0 Å². The van der Waals surface area contributed by atoms with Crippen molar-refractivity contribution in [1.82, 2.24) is 0 Å². The Hall–Kier alpha value is -1.84. The molecule has 0 aliphatic heterocycles. The first-order chi connectivity index (χ1) is 8.81. The first kappa shape index (κ1) is 12.6. The van der Waals surface area contributed by atoms with Crippen molar-refractivity contribution in [3.05, 3.63) is 29.8 Å². The molecule has 1 radical (unpaired) electrons. The van der Waals surface area contributed by atoms with Crippen molar-refractivity contribution >= 4 is 12.4 Å². The zero-order chi connectivity index (χ0) is 12.8. The van der Waals surface area contributed by atoms with Gasteiger partial charge in [0.05, 0.1) is 0 Å². The van der Waals surface area contributed by atoms with Crippen LogP contribution in [0.25, 0.3) is 0 Å². The number of ether oxygens (including phenoxy) is 2. The highest BCUT2D eigenvalue weighted by atomic mass is 16.5. The van der Waals surface area contributed by atoms with E-state index < -0.39 is 5.97 Å². The highest BCUT2D eigenvalue weighted by Gasteiger charge is 2.21. The quantitative estimate of drug-likeness (QED) is 0.767. The van der Waals surface area contributed by atoms with Crippen LogP contribution < -0.4 is 4.74 Å². The largest absolute Gasteiger partial charge is 0.459 e. The van der Waals surface area contributed by atoms with Gasteiger partial charge in [0.1, 0.15) is 17.4 Å². The van der Waals surface area contributed by atoms with E-state index in [1.54, 1.807) is 24.3 Å². The van der Waals surface area contributed by atoms with Gasteiger partial charge < -0.3 is 9.47 Å². The van der Waals surface area contributed by atoms with Crippen LogP contribution in [0.15, 0.2) is 24.3 Å². The first-order valence-electron chi connectivity index (χ1n) is 6.15. The van der Waals surface area contributed by atoms with Crippen LogP contribution >= 0.6 is 0 Å². The lowest BCUT2D eigenvalue weighted by atomic mass is 9.98. The predicted octanol–water partition coefficient (Wildman–Crippen LogP) is 2.62. The van der Waals surface area contributed by atoms with Crippen molar-refractivity contribution in [2.75, 3.05) is 0 Å². The molecule has 4 nitrogen and oxygen atoms in total. The molecule has 0 unspecified atom stereocenters. The lowest BCUT2D eigenvalue weighted by Gasteiger charge is -2.22. The van der Waals surface area contributed by atoms with Crippen molar-refractivity contribution < 1.29 is 19.1 Å². The normalized spacial score (nSPS) is 16.0. The van der Waals surface area contributed by atoms with E-state index in [0.29, 0.717) is 0 Å². The second-order valence-corrected chi connectivity index (χ2v) is 4.35. The molecule has 1 aromatic rings. The fraction of sp³-hybridized carbons (Fsp3) is 0.429. The zero-order valence-corrected chi connectivity index (χ0v) is 10.1. The van der Waals surface area contributed by atoms with Crippen LogP contribution in [0.5, 0.6) is 5.75 Å². The van der Waals surface area contributed by atoms with Gasteiger partial charge in [0, 0.05) is 0 Å². The van der Waals surface area contributed by atoms with Gasteiger partial charge in [0.25, 0.3) is 0 Å². The standard InChI is InChI=1S/C14H15O4/c15-10-17-13-9-5-4-8-12(13)14(16)18-11-6-2-1-3-7-11/h4-5,8-9,11H,1-3,6-7H2. The molecule has 0 saturated heterocycles. The van der Waals surface area contributed by atoms with Gasteiger partial charge in [-0.2, -0.15) is 0 Å². The van der Waals surface area contributed by atoms with Crippen molar-refractivity contribution in [2.24, 2.45) is 0 Å². The summed E-state index contributed by atoms with van der Waals surface area (Å²) in [6.07, 6.45) is 5.20. The van der Waals surface area contributed by atoms with E-state index in [1.807, 2.05) is 0 Å². The van der Waals surface area contributed by atoms with Crippen molar-refractivity contribution in [3.8, 4) is 5.75 Å². The third-order valence-corrected chi connectivity index (χ3v) is 3.08. The molecular formula is C14H15O4. The molecule has 0 N–H and O–H groups in total. The minimum Gasteiger partial charge on any atom is -0.459 e. The van der Waals surface area contributed by atoms with E-state index in [1.165, 1.54) is 12.9 Å². The summed E-state index contributed by atoms with van der Waals surface area (Å²) in [4.78, 5) is 22.2. The van der Waals surface area contributed by atoms with Gasteiger partial charge in [-0.25, -0.2) is 9.59 Å².